The molecule has 0 saturated carbocycles. The Morgan fingerprint density at radius 3 is 2.39 bits per heavy atom. The number of amides is 1. The third-order valence-corrected chi connectivity index (χ3v) is 3.78. The van der Waals surface area contributed by atoms with Gasteiger partial charge in [-0.3, -0.25) is 4.79 Å². The number of benzene rings is 2. The van der Waals surface area contributed by atoms with Crippen LogP contribution in [0.1, 0.15) is 28.9 Å². The van der Waals surface area contributed by atoms with E-state index in [4.69, 9.17) is 0 Å². The SMILES string of the molecule is C[C@H](CNC(=O)c1ccn(-c2ccccc2)n1)c1ccccc1. The summed E-state index contributed by atoms with van der Waals surface area (Å²) in [6, 6.07) is 21.6. The molecular weight excluding hydrogens is 286 g/mol. The Bertz CT molecular complexity index is 766. The molecule has 116 valence electrons. The highest BCUT2D eigenvalue weighted by Crippen LogP contribution is 2.13. The molecule has 1 aromatic heterocycles. The number of aromatic nitrogens is 2. The van der Waals surface area contributed by atoms with Gasteiger partial charge in [0, 0.05) is 12.7 Å². The van der Waals surface area contributed by atoms with Gasteiger partial charge in [0.15, 0.2) is 5.69 Å². The summed E-state index contributed by atoms with van der Waals surface area (Å²) in [5.74, 6) is 0.110. The van der Waals surface area contributed by atoms with Gasteiger partial charge in [0.1, 0.15) is 0 Å². The highest BCUT2D eigenvalue weighted by atomic mass is 16.1. The van der Waals surface area contributed by atoms with E-state index in [1.807, 2.05) is 48.5 Å². The lowest BCUT2D eigenvalue weighted by atomic mass is 10.0. The number of para-hydroxylation sites is 1. The molecule has 0 spiro atoms. The molecular formula is C19H19N3O. The first-order chi connectivity index (χ1) is 11.2. The van der Waals surface area contributed by atoms with Crippen LogP contribution in [0, 0.1) is 0 Å². The normalized spacial score (nSPS) is 11.9. The van der Waals surface area contributed by atoms with Crippen molar-refractivity contribution in [2.45, 2.75) is 12.8 Å². The Balaban J connectivity index is 1.62. The second-order valence-corrected chi connectivity index (χ2v) is 5.50. The minimum atomic E-state index is -0.150. The van der Waals surface area contributed by atoms with E-state index in [2.05, 4.69) is 29.5 Å². The van der Waals surface area contributed by atoms with Crippen molar-refractivity contribution in [2.75, 3.05) is 6.54 Å². The van der Waals surface area contributed by atoms with Gasteiger partial charge < -0.3 is 5.32 Å². The summed E-state index contributed by atoms with van der Waals surface area (Å²) in [6.45, 7) is 2.68. The number of rotatable bonds is 5. The monoisotopic (exact) mass is 305 g/mol. The van der Waals surface area contributed by atoms with Crippen molar-refractivity contribution in [1.29, 1.82) is 0 Å². The predicted octanol–water partition coefficient (Wildman–Crippen LogP) is 3.41. The molecule has 3 rings (SSSR count). The number of carbonyl (C=O) groups excluding carboxylic acids is 1. The van der Waals surface area contributed by atoms with Gasteiger partial charge in [-0.2, -0.15) is 5.10 Å². The van der Waals surface area contributed by atoms with E-state index in [-0.39, 0.29) is 11.8 Å². The van der Waals surface area contributed by atoms with E-state index >= 15 is 0 Å². The summed E-state index contributed by atoms with van der Waals surface area (Å²) in [5.41, 5.74) is 2.57. The van der Waals surface area contributed by atoms with Crippen LogP contribution in [0.4, 0.5) is 0 Å². The van der Waals surface area contributed by atoms with E-state index in [1.54, 1.807) is 16.9 Å². The molecule has 1 heterocycles. The molecule has 0 aliphatic rings. The van der Waals surface area contributed by atoms with E-state index in [0.29, 0.717) is 12.2 Å². The smallest absolute Gasteiger partial charge is 0.271 e. The lowest BCUT2D eigenvalue weighted by Crippen LogP contribution is -2.28. The maximum atomic E-state index is 12.2. The van der Waals surface area contributed by atoms with E-state index < -0.39 is 0 Å². The average Bonchev–Trinajstić information content (AvgIpc) is 3.11. The molecule has 4 heteroatoms. The fraction of sp³-hybridized carbons (Fsp3) is 0.158. The van der Waals surface area contributed by atoms with E-state index in [1.165, 1.54) is 5.56 Å². The van der Waals surface area contributed by atoms with Gasteiger partial charge in [0.25, 0.3) is 5.91 Å². The molecule has 0 radical (unpaired) electrons. The van der Waals surface area contributed by atoms with Gasteiger partial charge in [-0.1, -0.05) is 55.5 Å². The third kappa shape index (κ3) is 3.66. The number of carbonyl (C=O) groups is 1. The molecule has 4 nitrogen and oxygen atoms in total. The van der Waals surface area contributed by atoms with Crippen LogP contribution >= 0.6 is 0 Å². The van der Waals surface area contributed by atoms with Crippen LogP contribution < -0.4 is 5.32 Å². The zero-order valence-corrected chi connectivity index (χ0v) is 13.0. The lowest BCUT2D eigenvalue weighted by Gasteiger charge is -2.12. The summed E-state index contributed by atoms with van der Waals surface area (Å²) < 4.78 is 1.70. The van der Waals surface area contributed by atoms with Crippen molar-refractivity contribution in [2.24, 2.45) is 0 Å². The van der Waals surface area contributed by atoms with E-state index in [9.17, 15) is 4.79 Å². The van der Waals surface area contributed by atoms with Crippen LogP contribution in [0.15, 0.2) is 72.9 Å². The maximum Gasteiger partial charge on any atom is 0.271 e. The van der Waals surface area contributed by atoms with Crippen LogP contribution in [0.25, 0.3) is 5.69 Å². The zero-order chi connectivity index (χ0) is 16.1. The highest BCUT2D eigenvalue weighted by molar-refractivity contribution is 5.92. The third-order valence-electron chi connectivity index (χ3n) is 3.78. The number of hydrogen-bond acceptors (Lipinski definition) is 2. The predicted molar refractivity (Wildman–Crippen MR) is 90.8 cm³/mol. The first-order valence-corrected chi connectivity index (χ1v) is 7.68. The average molecular weight is 305 g/mol. The Labute approximate surface area is 135 Å². The molecule has 1 amide bonds. The number of nitrogens with one attached hydrogen (secondary N) is 1. The summed E-state index contributed by atoms with van der Waals surface area (Å²) in [7, 11) is 0. The first kappa shape index (κ1) is 15.0. The van der Waals surface area contributed by atoms with Crippen molar-refractivity contribution in [1.82, 2.24) is 15.1 Å². The second-order valence-electron chi connectivity index (χ2n) is 5.50. The molecule has 0 aliphatic carbocycles. The Morgan fingerprint density at radius 1 is 1.04 bits per heavy atom. The van der Waals surface area contributed by atoms with Crippen LogP contribution in [0.3, 0.4) is 0 Å². The van der Waals surface area contributed by atoms with Crippen LogP contribution in [0.5, 0.6) is 0 Å². The van der Waals surface area contributed by atoms with E-state index in [0.717, 1.165) is 5.69 Å². The summed E-state index contributed by atoms with van der Waals surface area (Å²) in [5, 5.41) is 7.28. The van der Waals surface area contributed by atoms with Crippen molar-refractivity contribution < 1.29 is 4.79 Å². The van der Waals surface area contributed by atoms with Crippen molar-refractivity contribution >= 4 is 5.91 Å². The van der Waals surface area contributed by atoms with Crippen LogP contribution in [-0.2, 0) is 0 Å². The second kappa shape index (κ2) is 6.92. The number of nitrogens with zero attached hydrogens (tertiary/aromatic N) is 2. The first-order valence-electron chi connectivity index (χ1n) is 7.68. The van der Waals surface area contributed by atoms with Gasteiger partial charge >= 0.3 is 0 Å². The summed E-state index contributed by atoms with van der Waals surface area (Å²) in [6.07, 6.45) is 1.80. The van der Waals surface area contributed by atoms with Gasteiger partial charge in [0.2, 0.25) is 0 Å². The topological polar surface area (TPSA) is 46.9 Å². The molecule has 2 aromatic carbocycles. The van der Waals surface area contributed by atoms with Crippen LogP contribution in [0.2, 0.25) is 0 Å². The molecule has 0 saturated heterocycles. The van der Waals surface area contributed by atoms with Crippen molar-refractivity contribution in [3.8, 4) is 5.69 Å². The number of hydrogen-bond donors (Lipinski definition) is 1. The zero-order valence-electron chi connectivity index (χ0n) is 13.0. The Kier molecular flexibility index (Phi) is 4.52. The van der Waals surface area contributed by atoms with Gasteiger partial charge in [-0.15, -0.1) is 0 Å². The van der Waals surface area contributed by atoms with Crippen molar-refractivity contribution in [3.63, 3.8) is 0 Å². The largest absolute Gasteiger partial charge is 0.350 e. The standard InChI is InChI=1S/C19H19N3O/c1-15(16-8-4-2-5-9-16)14-20-19(23)18-12-13-22(21-18)17-10-6-3-7-11-17/h2-13,15H,14H2,1H3,(H,20,23)/t15-/m1/s1. The van der Waals surface area contributed by atoms with Gasteiger partial charge in [-0.05, 0) is 29.7 Å². The summed E-state index contributed by atoms with van der Waals surface area (Å²) >= 11 is 0. The fourth-order valence-electron chi connectivity index (χ4n) is 2.41. The molecule has 0 unspecified atom stereocenters. The summed E-state index contributed by atoms with van der Waals surface area (Å²) in [4.78, 5) is 12.2. The molecule has 0 aliphatic heterocycles. The van der Waals surface area contributed by atoms with Crippen LogP contribution in [-0.4, -0.2) is 22.2 Å². The molecule has 0 fully saturated rings. The van der Waals surface area contributed by atoms with Gasteiger partial charge in [0.05, 0.1) is 5.69 Å². The Morgan fingerprint density at radius 2 is 1.70 bits per heavy atom. The molecule has 3 aromatic rings. The molecule has 23 heavy (non-hydrogen) atoms. The molecule has 1 atom stereocenters. The quantitative estimate of drug-likeness (QED) is 0.785. The lowest BCUT2D eigenvalue weighted by molar-refractivity contribution is 0.0946. The molecule has 1 N–H and O–H groups in total. The van der Waals surface area contributed by atoms with Gasteiger partial charge in [-0.25, -0.2) is 4.68 Å². The molecule has 0 bridgehead atoms. The minimum absolute atomic E-state index is 0.150. The fourth-order valence-corrected chi connectivity index (χ4v) is 2.41. The highest BCUT2D eigenvalue weighted by Gasteiger charge is 2.12. The van der Waals surface area contributed by atoms with Crippen molar-refractivity contribution in [3.05, 3.63) is 84.2 Å². The maximum absolute atomic E-state index is 12.2. The Hall–Kier alpha value is -2.88. The minimum Gasteiger partial charge on any atom is -0.350 e.